The molecular weight excluding hydrogens is 198 g/mol. The van der Waals surface area contributed by atoms with Gasteiger partial charge >= 0.3 is 0 Å². The monoisotopic (exact) mass is 213 g/mol. The summed E-state index contributed by atoms with van der Waals surface area (Å²) in [4.78, 5) is 14.1. The van der Waals surface area contributed by atoms with Gasteiger partial charge in [-0.25, -0.2) is 0 Å². The fourth-order valence-electron chi connectivity index (χ4n) is 1.18. The average Bonchev–Trinajstić information content (AvgIpc) is 2.50. The number of aliphatic hydroxyl groups is 1. The van der Waals surface area contributed by atoms with Crippen LogP contribution in [0.25, 0.3) is 0 Å². The SMILES string of the molecule is Cc1ccsc1CN(C)C(=O)C(C)O. The molecule has 1 heterocycles. The van der Waals surface area contributed by atoms with E-state index in [1.165, 1.54) is 17.4 Å². The van der Waals surface area contributed by atoms with Crippen LogP contribution in [0.3, 0.4) is 0 Å². The Kier molecular flexibility index (Phi) is 3.66. The zero-order valence-corrected chi connectivity index (χ0v) is 9.47. The van der Waals surface area contributed by atoms with E-state index in [4.69, 9.17) is 5.11 Å². The zero-order chi connectivity index (χ0) is 10.7. The van der Waals surface area contributed by atoms with Crippen LogP contribution in [0.4, 0.5) is 0 Å². The molecule has 0 aromatic carbocycles. The smallest absolute Gasteiger partial charge is 0.251 e. The molecule has 0 saturated heterocycles. The number of nitrogens with zero attached hydrogens (tertiary/aromatic N) is 1. The lowest BCUT2D eigenvalue weighted by atomic mass is 10.2. The van der Waals surface area contributed by atoms with E-state index in [9.17, 15) is 4.79 Å². The van der Waals surface area contributed by atoms with Gasteiger partial charge in [-0.05, 0) is 30.9 Å². The van der Waals surface area contributed by atoms with Crippen LogP contribution >= 0.6 is 11.3 Å². The van der Waals surface area contributed by atoms with Crippen LogP contribution in [0.2, 0.25) is 0 Å². The molecule has 14 heavy (non-hydrogen) atoms. The lowest BCUT2D eigenvalue weighted by Crippen LogP contribution is -2.34. The van der Waals surface area contributed by atoms with Crippen LogP contribution in [0, 0.1) is 6.92 Å². The Morgan fingerprint density at radius 2 is 2.36 bits per heavy atom. The van der Waals surface area contributed by atoms with Crippen LogP contribution < -0.4 is 0 Å². The molecule has 1 atom stereocenters. The van der Waals surface area contributed by atoms with Gasteiger partial charge in [-0.1, -0.05) is 0 Å². The summed E-state index contributed by atoms with van der Waals surface area (Å²) in [6.07, 6.45) is -0.916. The van der Waals surface area contributed by atoms with Crippen LogP contribution in [0.1, 0.15) is 17.4 Å². The highest BCUT2D eigenvalue weighted by Gasteiger charge is 2.15. The molecular formula is C10H15NO2S. The topological polar surface area (TPSA) is 40.5 Å². The highest BCUT2D eigenvalue weighted by Crippen LogP contribution is 2.17. The maximum Gasteiger partial charge on any atom is 0.251 e. The van der Waals surface area contributed by atoms with Gasteiger partial charge in [-0.3, -0.25) is 4.79 Å². The number of hydrogen-bond donors (Lipinski definition) is 1. The number of carbonyl (C=O) groups excluding carboxylic acids is 1. The number of aliphatic hydroxyl groups excluding tert-OH is 1. The third kappa shape index (κ3) is 2.56. The lowest BCUT2D eigenvalue weighted by Gasteiger charge is -2.18. The molecule has 0 aliphatic carbocycles. The lowest BCUT2D eigenvalue weighted by molar-refractivity contribution is -0.138. The van der Waals surface area contributed by atoms with E-state index < -0.39 is 6.10 Å². The molecule has 3 nitrogen and oxygen atoms in total. The predicted octanol–water partition coefficient (Wildman–Crippen LogP) is 1.40. The van der Waals surface area contributed by atoms with Gasteiger partial charge in [0, 0.05) is 11.9 Å². The molecule has 1 unspecified atom stereocenters. The molecule has 1 rings (SSSR count). The molecule has 4 heteroatoms. The minimum Gasteiger partial charge on any atom is -0.384 e. The third-order valence-corrected chi connectivity index (χ3v) is 3.09. The molecule has 1 N–H and O–H groups in total. The minimum absolute atomic E-state index is 0.238. The van der Waals surface area contributed by atoms with Crippen molar-refractivity contribution in [3.63, 3.8) is 0 Å². The van der Waals surface area contributed by atoms with Gasteiger partial charge in [0.25, 0.3) is 5.91 Å². The molecule has 0 fully saturated rings. The van der Waals surface area contributed by atoms with Crippen molar-refractivity contribution in [3.8, 4) is 0 Å². The Morgan fingerprint density at radius 3 is 2.79 bits per heavy atom. The van der Waals surface area contributed by atoms with Gasteiger partial charge in [-0.2, -0.15) is 0 Å². The maximum absolute atomic E-state index is 11.4. The fraction of sp³-hybridized carbons (Fsp3) is 0.500. The van der Waals surface area contributed by atoms with Crippen LogP contribution in [-0.2, 0) is 11.3 Å². The Labute approximate surface area is 88.0 Å². The van der Waals surface area contributed by atoms with Gasteiger partial charge in [-0.15, -0.1) is 11.3 Å². The fourth-order valence-corrected chi connectivity index (χ4v) is 2.14. The van der Waals surface area contributed by atoms with E-state index in [2.05, 4.69) is 0 Å². The first-order valence-corrected chi connectivity index (χ1v) is 5.36. The number of carbonyl (C=O) groups is 1. The summed E-state index contributed by atoms with van der Waals surface area (Å²) in [5.74, 6) is -0.238. The number of aryl methyl sites for hydroxylation is 1. The third-order valence-electron chi connectivity index (χ3n) is 2.08. The van der Waals surface area contributed by atoms with Crippen LogP contribution in [0.15, 0.2) is 11.4 Å². The van der Waals surface area contributed by atoms with Gasteiger partial charge in [0.15, 0.2) is 0 Å². The first-order chi connectivity index (χ1) is 6.52. The second-order valence-corrected chi connectivity index (χ2v) is 4.40. The number of rotatable bonds is 3. The number of hydrogen-bond acceptors (Lipinski definition) is 3. The molecule has 0 bridgehead atoms. The average molecular weight is 213 g/mol. The summed E-state index contributed by atoms with van der Waals surface area (Å²) in [6, 6.07) is 2.03. The van der Waals surface area contributed by atoms with Crippen molar-refractivity contribution in [2.75, 3.05) is 7.05 Å². The summed E-state index contributed by atoms with van der Waals surface area (Å²) in [5.41, 5.74) is 1.19. The van der Waals surface area contributed by atoms with E-state index in [1.807, 2.05) is 18.4 Å². The summed E-state index contributed by atoms with van der Waals surface area (Å²) >= 11 is 1.63. The first-order valence-electron chi connectivity index (χ1n) is 4.48. The Hall–Kier alpha value is -0.870. The standard InChI is InChI=1S/C10H15NO2S/c1-7-4-5-14-9(7)6-11(3)10(13)8(2)12/h4-5,8,12H,6H2,1-3H3. The normalized spacial score (nSPS) is 12.6. The predicted molar refractivity (Wildman–Crippen MR) is 57.2 cm³/mol. The van der Waals surface area contributed by atoms with Crippen molar-refractivity contribution < 1.29 is 9.90 Å². The molecule has 0 radical (unpaired) electrons. The van der Waals surface area contributed by atoms with E-state index in [1.54, 1.807) is 23.3 Å². The summed E-state index contributed by atoms with van der Waals surface area (Å²) in [6.45, 7) is 4.08. The Bertz CT molecular complexity index is 320. The Morgan fingerprint density at radius 1 is 1.71 bits per heavy atom. The number of likely N-dealkylation sites (N-methyl/N-ethyl adjacent to an activating group) is 1. The van der Waals surface area contributed by atoms with Crippen molar-refractivity contribution in [1.82, 2.24) is 4.90 Å². The highest BCUT2D eigenvalue weighted by atomic mass is 32.1. The quantitative estimate of drug-likeness (QED) is 0.824. The van der Waals surface area contributed by atoms with Gasteiger partial charge in [0.2, 0.25) is 0 Å². The van der Waals surface area contributed by atoms with Crippen molar-refractivity contribution in [2.45, 2.75) is 26.5 Å². The highest BCUT2D eigenvalue weighted by molar-refractivity contribution is 7.10. The van der Waals surface area contributed by atoms with Crippen molar-refractivity contribution in [2.24, 2.45) is 0 Å². The van der Waals surface area contributed by atoms with E-state index >= 15 is 0 Å². The van der Waals surface area contributed by atoms with Crippen molar-refractivity contribution >= 4 is 17.2 Å². The summed E-state index contributed by atoms with van der Waals surface area (Å²) in [5, 5.41) is 11.1. The van der Waals surface area contributed by atoms with Gasteiger partial charge in [0.1, 0.15) is 6.10 Å². The second-order valence-electron chi connectivity index (χ2n) is 3.40. The van der Waals surface area contributed by atoms with Crippen LogP contribution in [0.5, 0.6) is 0 Å². The van der Waals surface area contributed by atoms with Crippen LogP contribution in [-0.4, -0.2) is 29.1 Å². The molecule has 1 amide bonds. The first kappa shape index (κ1) is 11.2. The maximum atomic E-state index is 11.4. The minimum atomic E-state index is -0.916. The largest absolute Gasteiger partial charge is 0.384 e. The van der Waals surface area contributed by atoms with E-state index in [0.717, 1.165) is 0 Å². The van der Waals surface area contributed by atoms with Crippen molar-refractivity contribution in [3.05, 3.63) is 21.9 Å². The van der Waals surface area contributed by atoms with E-state index in [-0.39, 0.29) is 5.91 Å². The molecule has 0 spiro atoms. The Balaban J connectivity index is 2.62. The molecule has 78 valence electrons. The summed E-state index contributed by atoms with van der Waals surface area (Å²) < 4.78 is 0. The van der Waals surface area contributed by atoms with Gasteiger partial charge < -0.3 is 10.0 Å². The zero-order valence-electron chi connectivity index (χ0n) is 8.65. The van der Waals surface area contributed by atoms with Gasteiger partial charge in [0.05, 0.1) is 6.54 Å². The van der Waals surface area contributed by atoms with E-state index in [0.29, 0.717) is 6.54 Å². The second kappa shape index (κ2) is 4.57. The molecule has 0 aliphatic rings. The molecule has 1 aromatic rings. The molecule has 0 aliphatic heterocycles. The van der Waals surface area contributed by atoms with Crippen molar-refractivity contribution in [1.29, 1.82) is 0 Å². The number of thiophene rings is 1. The number of amides is 1. The summed E-state index contributed by atoms with van der Waals surface area (Å²) in [7, 11) is 1.70. The molecule has 1 aromatic heterocycles. The molecule has 0 saturated carbocycles.